The molecule has 0 saturated heterocycles. The number of hydrogen-bond donors (Lipinski definition) is 0. The van der Waals surface area contributed by atoms with E-state index < -0.39 is 0 Å². The molecular weight excluding hydrogens is 364 g/mol. The number of halogens is 2. The monoisotopic (exact) mass is 397 g/mol. The van der Waals surface area contributed by atoms with E-state index in [1.807, 2.05) is 44.2 Å². The number of rotatable bonds is 6. The van der Waals surface area contributed by atoms with Gasteiger partial charge in [-0.3, -0.25) is 0 Å². The molecule has 0 bridgehead atoms. The van der Waals surface area contributed by atoms with Crippen LogP contribution in [0.1, 0.15) is 61.8 Å². The van der Waals surface area contributed by atoms with E-state index in [4.69, 9.17) is 0 Å². The molecule has 0 spiro atoms. The van der Waals surface area contributed by atoms with Gasteiger partial charge in [-0.2, -0.15) is 0 Å². The van der Waals surface area contributed by atoms with E-state index in [1.54, 1.807) is 6.07 Å². The number of benzene rings is 2. The highest BCUT2D eigenvalue weighted by Gasteiger charge is 2.24. The van der Waals surface area contributed by atoms with Crippen molar-refractivity contribution < 1.29 is 8.78 Å². The van der Waals surface area contributed by atoms with E-state index in [-0.39, 0.29) is 11.6 Å². The van der Waals surface area contributed by atoms with Gasteiger partial charge in [-0.05, 0) is 66.0 Å². The van der Waals surface area contributed by atoms with Gasteiger partial charge in [0, 0.05) is 13.1 Å². The van der Waals surface area contributed by atoms with Gasteiger partial charge in [0.1, 0.15) is 11.6 Å². The van der Waals surface area contributed by atoms with Gasteiger partial charge in [0.15, 0.2) is 0 Å². The first-order valence-corrected chi connectivity index (χ1v) is 11.1. The second-order valence-electron chi connectivity index (χ2n) is 7.96. The van der Waals surface area contributed by atoms with Crippen LogP contribution in [0, 0.1) is 17.6 Å². The second-order valence-corrected chi connectivity index (χ2v) is 7.96. The molecule has 2 aliphatic rings. The number of fused-ring (bicyclic) bond motifs is 1. The number of aryl methyl sites for hydroxylation is 1. The van der Waals surface area contributed by atoms with Crippen LogP contribution in [0.2, 0.25) is 0 Å². The molecule has 0 radical (unpaired) electrons. The normalized spacial score (nSPS) is 15.8. The Labute approximate surface area is 174 Å². The van der Waals surface area contributed by atoms with Gasteiger partial charge >= 0.3 is 0 Å². The van der Waals surface area contributed by atoms with E-state index in [0.717, 1.165) is 35.4 Å². The number of nitrogens with zero attached hydrogens (tertiary/aromatic N) is 1. The quantitative estimate of drug-likeness (QED) is 0.474. The van der Waals surface area contributed by atoms with Crippen LogP contribution >= 0.6 is 0 Å². The highest BCUT2D eigenvalue weighted by Crippen LogP contribution is 2.33. The van der Waals surface area contributed by atoms with Crippen molar-refractivity contribution in [2.75, 3.05) is 11.4 Å². The summed E-state index contributed by atoms with van der Waals surface area (Å²) in [6.45, 7) is 8.93. The molecule has 4 rings (SSSR count). The van der Waals surface area contributed by atoms with Crippen LogP contribution in [-0.4, -0.2) is 6.54 Å². The molecule has 0 atom stereocenters. The zero-order chi connectivity index (χ0) is 20.8. The molecule has 1 fully saturated rings. The van der Waals surface area contributed by atoms with Crippen molar-refractivity contribution in [2.45, 2.75) is 65.3 Å². The SMILES string of the molecule is C=CCCc1ccc2c(c1F)CCN(c1cc(CC3CCC3)ccc1F)C2.CC. The van der Waals surface area contributed by atoms with Crippen molar-refractivity contribution in [3.05, 3.63) is 76.9 Å². The Balaban J connectivity index is 0.00000117. The fraction of sp³-hybridized carbons (Fsp3) is 0.462. The lowest BCUT2D eigenvalue weighted by atomic mass is 9.81. The van der Waals surface area contributed by atoms with Crippen LogP contribution < -0.4 is 4.90 Å². The second kappa shape index (κ2) is 10.0. The lowest BCUT2D eigenvalue weighted by Crippen LogP contribution is -2.32. The molecule has 156 valence electrons. The topological polar surface area (TPSA) is 3.24 Å². The fourth-order valence-corrected chi connectivity index (χ4v) is 4.27. The van der Waals surface area contributed by atoms with Gasteiger partial charge in [-0.15, -0.1) is 6.58 Å². The van der Waals surface area contributed by atoms with Gasteiger partial charge in [0.2, 0.25) is 0 Å². The van der Waals surface area contributed by atoms with Crippen molar-refractivity contribution >= 4 is 5.69 Å². The standard InChI is InChI=1S/C24H27F2N.C2H6/c1-2-3-7-19-9-10-20-16-27(13-12-21(20)24(19)26)23-15-18(8-11-22(23)25)14-17-5-4-6-17;1-2/h2,8-11,15,17H,1,3-7,12-14,16H2;1-2H3. The summed E-state index contributed by atoms with van der Waals surface area (Å²) < 4.78 is 29.3. The largest absolute Gasteiger partial charge is 0.364 e. The van der Waals surface area contributed by atoms with Gasteiger partial charge in [0.25, 0.3) is 0 Å². The summed E-state index contributed by atoms with van der Waals surface area (Å²) in [5.74, 6) is 0.501. The maximum atomic E-state index is 14.8. The van der Waals surface area contributed by atoms with Gasteiger partial charge < -0.3 is 4.90 Å². The average molecular weight is 398 g/mol. The average Bonchev–Trinajstić information content (AvgIpc) is 2.72. The van der Waals surface area contributed by atoms with Crippen LogP contribution in [0.4, 0.5) is 14.5 Å². The number of anilines is 1. The molecule has 1 aliphatic heterocycles. The van der Waals surface area contributed by atoms with Gasteiger partial charge in [0.05, 0.1) is 5.69 Å². The third-order valence-corrected chi connectivity index (χ3v) is 6.13. The highest BCUT2D eigenvalue weighted by atomic mass is 19.1. The zero-order valence-electron chi connectivity index (χ0n) is 17.8. The summed E-state index contributed by atoms with van der Waals surface area (Å²) in [5, 5.41) is 0. The molecule has 0 amide bonds. The van der Waals surface area contributed by atoms with Crippen LogP contribution in [0.5, 0.6) is 0 Å². The molecule has 2 aromatic rings. The number of hydrogen-bond acceptors (Lipinski definition) is 1. The Morgan fingerprint density at radius 3 is 2.62 bits per heavy atom. The third kappa shape index (κ3) is 4.88. The fourth-order valence-electron chi connectivity index (χ4n) is 4.27. The molecule has 2 aromatic carbocycles. The maximum Gasteiger partial charge on any atom is 0.146 e. The minimum absolute atomic E-state index is 0.0757. The van der Waals surface area contributed by atoms with Crippen molar-refractivity contribution in [2.24, 2.45) is 5.92 Å². The van der Waals surface area contributed by atoms with E-state index in [2.05, 4.69) is 11.5 Å². The van der Waals surface area contributed by atoms with E-state index in [0.29, 0.717) is 31.6 Å². The molecule has 3 heteroatoms. The molecule has 29 heavy (non-hydrogen) atoms. The molecule has 1 saturated carbocycles. The summed E-state index contributed by atoms with van der Waals surface area (Å²) in [6, 6.07) is 9.41. The van der Waals surface area contributed by atoms with E-state index in [9.17, 15) is 8.78 Å². The Hall–Kier alpha value is -2.16. The first-order valence-electron chi connectivity index (χ1n) is 11.1. The molecule has 1 heterocycles. The molecule has 0 aromatic heterocycles. The van der Waals surface area contributed by atoms with Crippen LogP contribution in [0.3, 0.4) is 0 Å². The predicted octanol–water partition coefficient (Wildman–Crippen LogP) is 7.01. The Morgan fingerprint density at radius 1 is 1.14 bits per heavy atom. The Morgan fingerprint density at radius 2 is 1.93 bits per heavy atom. The van der Waals surface area contributed by atoms with Crippen LogP contribution in [0.15, 0.2) is 43.0 Å². The van der Waals surface area contributed by atoms with Crippen molar-refractivity contribution in [3.8, 4) is 0 Å². The Bertz CT molecular complexity index is 839. The smallest absolute Gasteiger partial charge is 0.146 e. The maximum absolute atomic E-state index is 14.8. The van der Waals surface area contributed by atoms with E-state index >= 15 is 0 Å². The molecule has 0 unspecified atom stereocenters. The minimum Gasteiger partial charge on any atom is -0.364 e. The van der Waals surface area contributed by atoms with Crippen molar-refractivity contribution in [1.29, 1.82) is 0 Å². The lowest BCUT2D eigenvalue weighted by Gasteiger charge is -2.32. The first-order chi connectivity index (χ1) is 14.2. The lowest BCUT2D eigenvalue weighted by molar-refractivity contribution is 0.314. The number of allylic oxidation sites excluding steroid dienone is 1. The summed E-state index contributed by atoms with van der Waals surface area (Å²) in [5.41, 5.74) is 4.42. The predicted molar refractivity (Wildman–Crippen MR) is 118 cm³/mol. The summed E-state index contributed by atoms with van der Waals surface area (Å²) in [7, 11) is 0. The molecule has 1 aliphatic carbocycles. The van der Waals surface area contributed by atoms with Crippen molar-refractivity contribution in [3.63, 3.8) is 0 Å². The van der Waals surface area contributed by atoms with Crippen LogP contribution in [-0.2, 0) is 25.8 Å². The van der Waals surface area contributed by atoms with Crippen molar-refractivity contribution in [1.82, 2.24) is 0 Å². The Kier molecular flexibility index (Phi) is 7.46. The summed E-state index contributed by atoms with van der Waals surface area (Å²) >= 11 is 0. The zero-order valence-corrected chi connectivity index (χ0v) is 17.8. The van der Waals surface area contributed by atoms with Gasteiger partial charge in [-0.1, -0.05) is 57.4 Å². The summed E-state index contributed by atoms with van der Waals surface area (Å²) in [6.07, 6.45) is 8.84. The first kappa shape index (κ1) is 21.5. The minimum atomic E-state index is -0.182. The molecule has 1 nitrogen and oxygen atoms in total. The third-order valence-electron chi connectivity index (χ3n) is 6.13. The van der Waals surface area contributed by atoms with E-state index in [1.165, 1.54) is 24.8 Å². The summed E-state index contributed by atoms with van der Waals surface area (Å²) in [4.78, 5) is 2.06. The molecular formula is C26H33F2N. The highest BCUT2D eigenvalue weighted by molar-refractivity contribution is 5.53. The van der Waals surface area contributed by atoms with Crippen LogP contribution in [0.25, 0.3) is 0 Å². The van der Waals surface area contributed by atoms with Gasteiger partial charge in [-0.25, -0.2) is 8.78 Å². The molecule has 0 N–H and O–H groups in total.